The molecule has 2 saturated carbocycles. The number of nitrogens with one attached hydrogen (secondary N) is 1. The van der Waals surface area contributed by atoms with Crippen molar-refractivity contribution in [2.45, 2.75) is 58.4 Å². The van der Waals surface area contributed by atoms with Crippen LogP contribution in [-0.4, -0.2) is 23.0 Å². The summed E-state index contributed by atoms with van der Waals surface area (Å²) in [5.41, 5.74) is 0.241. The molecule has 2 fully saturated rings. The van der Waals surface area contributed by atoms with Crippen molar-refractivity contribution >= 4 is 11.9 Å². The van der Waals surface area contributed by atoms with Crippen LogP contribution in [-0.2, 0) is 9.59 Å². The number of hydrogen-bond donors (Lipinski definition) is 2. The van der Waals surface area contributed by atoms with E-state index in [-0.39, 0.29) is 23.2 Å². The van der Waals surface area contributed by atoms with Crippen LogP contribution >= 0.6 is 0 Å². The first-order valence-corrected chi connectivity index (χ1v) is 6.98. The number of amides is 1. The molecule has 0 heterocycles. The van der Waals surface area contributed by atoms with Crippen LogP contribution in [0.3, 0.4) is 0 Å². The summed E-state index contributed by atoms with van der Waals surface area (Å²) in [4.78, 5) is 23.2. The fraction of sp³-hybridized carbons (Fsp3) is 0.857. The Hall–Kier alpha value is -1.06. The molecular formula is C14H23NO3. The number of hydrogen-bond acceptors (Lipinski definition) is 2. The molecule has 2 aliphatic carbocycles. The highest BCUT2D eigenvalue weighted by Crippen LogP contribution is 2.62. The van der Waals surface area contributed by atoms with Crippen molar-refractivity contribution in [2.24, 2.45) is 17.3 Å². The number of carboxylic acid groups (broad SMARTS) is 1. The van der Waals surface area contributed by atoms with Crippen LogP contribution in [0.4, 0.5) is 0 Å². The lowest BCUT2D eigenvalue weighted by Gasteiger charge is -2.17. The van der Waals surface area contributed by atoms with E-state index in [4.69, 9.17) is 5.11 Å². The van der Waals surface area contributed by atoms with Gasteiger partial charge in [0.05, 0.1) is 0 Å². The summed E-state index contributed by atoms with van der Waals surface area (Å²) in [6, 6.07) is -0.725. The number of rotatable bonds is 5. The first-order chi connectivity index (χ1) is 8.44. The Morgan fingerprint density at radius 2 is 1.94 bits per heavy atom. The second-order valence-corrected chi connectivity index (χ2v) is 6.36. The van der Waals surface area contributed by atoms with Crippen molar-refractivity contribution in [3.8, 4) is 0 Å². The molecule has 18 heavy (non-hydrogen) atoms. The Balaban J connectivity index is 1.88. The number of carbonyl (C=O) groups excluding carboxylic acids is 1. The first kappa shape index (κ1) is 13.4. The van der Waals surface area contributed by atoms with Gasteiger partial charge in [0.2, 0.25) is 5.91 Å². The Labute approximate surface area is 108 Å². The third-order valence-corrected chi connectivity index (χ3v) is 4.43. The highest BCUT2D eigenvalue weighted by Gasteiger charge is 2.58. The molecule has 1 amide bonds. The van der Waals surface area contributed by atoms with Crippen LogP contribution in [0, 0.1) is 17.3 Å². The molecule has 2 aliphatic rings. The van der Waals surface area contributed by atoms with Gasteiger partial charge in [-0.25, -0.2) is 4.79 Å². The summed E-state index contributed by atoms with van der Waals surface area (Å²) in [7, 11) is 0. The van der Waals surface area contributed by atoms with E-state index >= 15 is 0 Å². The molecule has 0 aromatic rings. The summed E-state index contributed by atoms with van der Waals surface area (Å²) in [5.74, 6) is -0.608. The van der Waals surface area contributed by atoms with Crippen LogP contribution in [0.2, 0.25) is 0 Å². The normalized spacial score (nSPS) is 26.3. The van der Waals surface area contributed by atoms with Crippen molar-refractivity contribution < 1.29 is 14.7 Å². The molecular weight excluding hydrogens is 230 g/mol. The zero-order valence-corrected chi connectivity index (χ0v) is 11.2. The lowest BCUT2D eigenvalue weighted by molar-refractivity contribution is -0.142. The zero-order valence-electron chi connectivity index (χ0n) is 11.2. The van der Waals surface area contributed by atoms with E-state index in [2.05, 4.69) is 5.32 Å². The maximum Gasteiger partial charge on any atom is 0.326 e. The number of aliphatic carboxylic acids is 1. The van der Waals surface area contributed by atoms with Gasteiger partial charge in [-0.3, -0.25) is 4.79 Å². The van der Waals surface area contributed by atoms with E-state index in [0.717, 1.165) is 19.3 Å². The van der Waals surface area contributed by atoms with Crippen LogP contribution in [0.25, 0.3) is 0 Å². The van der Waals surface area contributed by atoms with Gasteiger partial charge in [0.1, 0.15) is 6.04 Å². The molecule has 4 heteroatoms. The standard InChI is InChI=1S/C14H23NO3/c1-9(2)7-11(13(17)18)15-12(16)10-8-14(10)5-3-4-6-14/h9-11H,3-8H2,1-2H3,(H,15,16)(H,17,18)/t10?,11-/m1/s1. The van der Waals surface area contributed by atoms with E-state index in [1.165, 1.54) is 12.8 Å². The van der Waals surface area contributed by atoms with Gasteiger partial charge in [0.25, 0.3) is 0 Å². The predicted octanol–water partition coefficient (Wildman–Crippen LogP) is 2.18. The second kappa shape index (κ2) is 4.90. The smallest absolute Gasteiger partial charge is 0.326 e. The molecule has 102 valence electrons. The monoisotopic (exact) mass is 253 g/mol. The van der Waals surface area contributed by atoms with Gasteiger partial charge in [-0.1, -0.05) is 26.7 Å². The molecule has 2 atom stereocenters. The van der Waals surface area contributed by atoms with E-state index < -0.39 is 12.0 Å². The van der Waals surface area contributed by atoms with E-state index in [1.54, 1.807) is 0 Å². The van der Waals surface area contributed by atoms with Crippen LogP contribution in [0.15, 0.2) is 0 Å². The van der Waals surface area contributed by atoms with Gasteiger partial charge in [-0.15, -0.1) is 0 Å². The molecule has 0 radical (unpaired) electrons. The Morgan fingerprint density at radius 3 is 2.44 bits per heavy atom. The van der Waals surface area contributed by atoms with Gasteiger partial charge in [-0.05, 0) is 37.0 Å². The quantitative estimate of drug-likeness (QED) is 0.789. The molecule has 4 nitrogen and oxygen atoms in total. The van der Waals surface area contributed by atoms with E-state index in [0.29, 0.717) is 6.42 Å². The van der Waals surface area contributed by atoms with Gasteiger partial charge in [0, 0.05) is 5.92 Å². The van der Waals surface area contributed by atoms with Crippen LogP contribution in [0.1, 0.15) is 52.4 Å². The number of carbonyl (C=O) groups is 2. The minimum Gasteiger partial charge on any atom is -0.480 e. The molecule has 2 N–H and O–H groups in total. The van der Waals surface area contributed by atoms with Crippen molar-refractivity contribution in [1.29, 1.82) is 0 Å². The van der Waals surface area contributed by atoms with Crippen molar-refractivity contribution in [3.05, 3.63) is 0 Å². The molecule has 0 bridgehead atoms. The van der Waals surface area contributed by atoms with Gasteiger partial charge < -0.3 is 10.4 Å². The maximum absolute atomic E-state index is 12.1. The van der Waals surface area contributed by atoms with Crippen molar-refractivity contribution in [2.75, 3.05) is 0 Å². The minimum atomic E-state index is -0.918. The number of carboxylic acids is 1. The van der Waals surface area contributed by atoms with E-state index in [1.807, 2.05) is 13.8 Å². The van der Waals surface area contributed by atoms with Crippen molar-refractivity contribution in [1.82, 2.24) is 5.32 Å². The fourth-order valence-electron chi connectivity index (χ4n) is 3.32. The Kier molecular flexibility index (Phi) is 3.64. The van der Waals surface area contributed by atoms with E-state index in [9.17, 15) is 9.59 Å². The largest absolute Gasteiger partial charge is 0.480 e. The Morgan fingerprint density at radius 1 is 1.33 bits per heavy atom. The molecule has 1 unspecified atom stereocenters. The van der Waals surface area contributed by atoms with Gasteiger partial charge in [-0.2, -0.15) is 0 Å². The molecule has 0 aromatic carbocycles. The predicted molar refractivity (Wildman–Crippen MR) is 68.0 cm³/mol. The van der Waals surface area contributed by atoms with Crippen molar-refractivity contribution in [3.63, 3.8) is 0 Å². The molecule has 0 saturated heterocycles. The fourth-order valence-corrected chi connectivity index (χ4v) is 3.32. The second-order valence-electron chi connectivity index (χ2n) is 6.36. The SMILES string of the molecule is CC(C)C[C@@H](NC(=O)C1CC12CCCC2)C(=O)O. The van der Waals surface area contributed by atoms with Gasteiger partial charge >= 0.3 is 5.97 Å². The third kappa shape index (κ3) is 2.68. The third-order valence-electron chi connectivity index (χ3n) is 4.43. The molecule has 0 aromatic heterocycles. The summed E-state index contributed by atoms with van der Waals surface area (Å²) < 4.78 is 0. The molecule has 1 spiro atoms. The molecule has 2 rings (SSSR count). The maximum atomic E-state index is 12.1. The molecule has 0 aliphatic heterocycles. The topological polar surface area (TPSA) is 66.4 Å². The average Bonchev–Trinajstić information content (AvgIpc) is 2.75. The van der Waals surface area contributed by atoms with Crippen LogP contribution < -0.4 is 5.32 Å². The average molecular weight is 253 g/mol. The lowest BCUT2D eigenvalue weighted by atomic mass is 10.0. The lowest BCUT2D eigenvalue weighted by Crippen LogP contribution is -2.43. The summed E-state index contributed by atoms with van der Waals surface area (Å²) in [5, 5.41) is 11.8. The highest BCUT2D eigenvalue weighted by atomic mass is 16.4. The Bertz CT molecular complexity index is 345. The zero-order chi connectivity index (χ0) is 13.3. The van der Waals surface area contributed by atoms with Gasteiger partial charge in [0.15, 0.2) is 0 Å². The first-order valence-electron chi connectivity index (χ1n) is 6.98. The summed E-state index contributed by atoms with van der Waals surface area (Å²) in [6.45, 7) is 3.94. The highest BCUT2D eigenvalue weighted by molar-refractivity contribution is 5.87. The summed E-state index contributed by atoms with van der Waals surface area (Å²) >= 11 is 0. The van der Waals surface area contributed by atoms with Crippen LogP contribution in [0.5, 0.6) is 0 Å². The summed E-state index contributed by atoms with van der Waals surface area (Å²) in [6.07, 6.45) is 6.20. The minimum absolute atomic E-state index is 0.0371.